The molecule has 6 rings (SSSR count). The number of allylic oxidation sites excluding steroid dienone is 3. The Hall–Kier alpha value is -4.82. The highest BCUT2D eigenvalue weighted by molar-refractivity contribution is 6.01. The number of nitrogens with zero attached hydrogens (tertiary/aromatic N) is 1. The molecule has 2 heteroatoms. The summed E-state index contributed by atoms with van der Waals surface area (Å²) in [5, 5.41) is 2.46. The Morgan fingerprint density at radius 1 is 0.568 bits per heavy atom. The summed E-state index contributed by atoms with van der Waals surface area (Å²) in [6.45, 7) is 0. The smallest absolute Gasteiger partial charge is 0.122 e. The largest absolute Gasteiger partial charge is 0.466 e. The molecule has 1 heterocycles. The van der Waals surface area contributed by atoms with E-state index in [1.807, 2.05) is 12.2 Å². The molecule has 0 amide bonds. The van der Waals surface area contributed by atoms with Gasteiger partial charge in [0.1, 0.15) is 5.76 Å². The topological polar surface area (TPSA) is 12.5 Å². The van der Waals surface area contributed by atoms with Gasteiger partial charge in [0.2, 0.25) is 0 Å². The number of anilines is 3. The van der Waals surface area contributed by atoms with Crippen molar-refractivity contribution in [3.05, 3.63) is 157 Å². The summed E-state index contributed by atoms with van der Waals surface area (Å²) >= 11 is 0. The maximum Gasteiger partial charge on any atom is 0.122 e. The standard InChI is InChI=1S/C35H27NO/c1-3-11-29(12-4-1)36(30-13-5-2-6-14-30)31-22-18-27(19-23-31)34-25-21-28(33-16-7-8-17-35(33)34)20-24-32-15-9-10-26-37-32/h1-8,10-26H,9H2/b24-20+. The molecule has 0 atom stereocenters. The van der Waals surface area contributed by atoms with Crippen molar-refractivity contribution in [1.82, 2.24) is 0 Å². The van der Waals surface area contributed by atoms with Crippen molar-refractivity contribution < 1.29 is 4.74 Å². The van der Waals surface area contributed by atoms with E-state index in [0.29, 0.717) is 0 Å². The highest BCUT2D eigenvalue weighted by Crippen LogP contribution is 2.37. The molecule has 37 heavy (non-hydrogen) atoms. The maximum atomic E-state index is 5.59. The lowest BCUT2D eigenvalue weighted by atomic mass is 9.94. The number of hydrogen-bond donors (Lipinski definition) is 0. The van der Waals surface area contributed by atoms with E-state index in [4.69, 9.17) is 4.74 Å². The van der Waals surface area contributed by atoms with Crippen LogP contribution >= 0.6 is 0 Å². The zero-order valence-electron chi connectivity index (χ0n) is 20.5. The predicted molar refractivity (Wildman–Crippen MR) is 156 cm³/mol. The van der Waals surface area contributed by atoms with E-state index in [-0.39, 0.29) is 0 Å². The lowest BCUT2D eigenvalue weighted by Gasteiger charge is -2.25. The van der Waals surface area contributed by atoms with E-state index >= 15 is 0 Å². The third-order valence-electron chi connectivity index (χ3n) is 6.61. The molecular formula is C35H27NO. The van der Waals surface area contributed by atoms with Crippen LogP contribution in [0.4, 0.5) is 17.1 Å². The first-order chi connectivity index (χ1) is 18.4. The minimum absolute atomic E-state index is 0.882. The molecule has 5 aromatic rings. The van der Waals surface area contributed by atoms with Gasteiger partial charge in [-0.05, 0) is 88.5 Å². The molecule has 0 fully saturated rings. The molecule has 0 bridgehead atoms. The van der Waals surface area contributed by atoms with Crippen LogP contribution < -0.4 is 4.90 Å². The van der Waals surface area contributed by atoms with E-state index in [1.54, 1.807) is 6.26 Å². The maximum absolute atomic E-state index is 5.59. The molecule has 0 spiro atoms. The number of para-hydroxylation sites is 2. The van der Waals surface area contributed by atoms with Gasteiger partial charge in [0.05, 0.1) is 6.26 Å². The van der Waals surface area contributed by atoms with Gasteiger partial charge >= 0.3 is 0 Å². The number of rotatable bonds is 6. The van der Waals surface area contributed by atoms with Gasteiger partial charge in [-0.3, -0.25) is 0 Å². The van der Waals surface area contributed by atoms with Crippen molar-refractivity contribution >= 4 is 33.9 Å². The monoisotopic (exact) mass is 477 g/mol. The summed E-state index contributed by atoms with van der Waals surface area (Å²) in [5.74, 6) is 0.882. The Labute approximate surface area is 218 Å². The van der Waals surface area contributed by atoms with Gasteiger partial charge in [0.15, 0.2) is 0 Å². The van der Waals surface area contributed by atoms with Crippen LogP contribution in [0, 0.1) is 0 Å². The molecule has 0 radical (unpaired) electrons. The summed E-state index contributed by atoms with van der Waals surface area (Å²) < 4.78 is 5.59. The molecule has 5 aromatic carbocycles. The van der Waals surface area contributed by atoms with Gasteiger partial charge < -0.3 is 9.64 Å². The average Bonchev–Trinajstić information content (AvgIpc) is 2.98. The molecule has 178 valence electrons. The van der Waals surface area contributed by atoms with Crippen molar-refractivity contribution in [1.29, 1.82) is 0 Å². The van der Waals surface area contributed by atoms with Crippen LogP contribution in [0.2, 0.25) is 0 Å². The van der Waals surface area contributed by atoms with Crippen molar-refractivity contribution in [2.24, 2.45) is 0 Å². The lowest BCUT2D eigenvalue weighted by molar-refractivity contribution is 0.359. The van der Waals surface area contributed by atoms with Gasteiger partial charge in [0.25, 0.3) is 0 Å². The third kappa shape index (κ3) is 4.82. The van der Waals surface area contributed by atoms with E-state index in [1.165, 1.54) is 27.5 Å². The molecular weight excluding hydrogens is 450 g/mol. The van der Waals surface area contributed by atoms with E-state index in [0.717, 1.165) is 29.2 Å². The SMILES string of the molecule is C1=COC(/C=C/c2ccc(-c3ccc(N(c4ccccc4)c4ccccc4)cc3)c3ccccc23)=CC1. The fourth-order valence-corrected chi connectivity index (χ4v) is 4.80. The van der Waals surface area contributed by atoms with Gasteiger partial charge in [-0.25, -0.2) is 0 Å². The lowest BCUT2D eigenvalue weighted by Crippen LogP contribution is -2.09. The Morgan fingerprint density at radius 2 is 1.19 bits per heavy atom. The number of benzene rings is 5. The molecule has 0 saturated heterocycles. The molecule has 2 nitrogen and oxygen atoms in total. The van der Waals surface area contributed by atoms with Crippen LogP contribution in [0.25, 0.3) is 28.0 Å². The molecule has 0 saturated carbocycles. The fraction of sp³-hybridized carbons (Fsp3) is 0.0286. The number of fused-ring (bicyclic) bond motifs is 1. The Balaban J connectivity index is 1.36. The summed E-state index contributed by atoms with van der Waals surface area (Å²) in [6, 6.07) is 42.9. The van der Waals surface area contributed by atoms with Crippen molar-refractivity contribution in [3.63, 3.8) is 0 Å². The molecule has 1 aliphatic heterocycles. The molecule has 0 N–H and O–H groups in total. The predicted octanol–water partition coefficient (Wildman–Crippen LogP) is 9.81. The summed E-state index contributed by atoms with van der Waals surface area (Å²) in [6.07, 6.45) is 10.9. The quantitative estimate of drug-likeness (QED) is 0.241. The first kappa shape index (κ1) is 22.6. The zero-order chi connectivity index (χ0) is 24.9. The van der Waals surface area contributed by atoms with Crippen LogP contribution in [0.5, 0.6) is 0 Å². The third-order valence-corrected chi connectivity index (χ3v) is 6.61. The van der Waals surface area contributed by atoms with E-state index in [9.17, 15) is 0 Å². The van der Waals surface area contributed by atoms with Gasteiger partial charge in [-0.1, -0.05) is 91.0 Å². The molecule has 0 aliphatic carbocycles. The highest BCUT2D eigenvalue weighted by atomic mass is 16.5. The minimum Gasteiger partial charge on any atom is -0.466 e. The second kappa shape index (κ2) is 10.4. The fourth-order valence-electron chi connectivity index (χ4n) is 4.80. The van der Waals surface area contributed by atoms with Gasteiger partial charge in [-0.2, -0.15) is 0 Å². The van der Waals surface area contributed by atoms with Crippen molar-refractivity contribution in [3.8, 4) is 11.1 Å². The Kier molecular flexibility index (Phi) is 6.38. The van der Waals surface area contributed by atoms with Crippen LogP contribution in [-0.4, -0.2) is 0 Å². The van der Waals surface area contributed by atoms with E-state index in [2.05, 4.69) is 138 Å². The Morgan fingerprint density at radius 3 is 1.84 bits per heavy atom. The molecule has 0 unspecified atom stereocenters. The second-order valence-corrected chi connectivity index (χ2v) is 8.97. The zero-order valence-corrected chi connectivity index (χ0v) is 20.5. The Bertz CT molecular complexity index is 1560. The number of hydrogen-bond acceptors (Lipinski definition) is 2. The first-order valence-corrected chi connectivity index (χ1v) is 12.6. The van der Waals surface area contributed by atoms with Crippen LogP contribution in [0.15, 0.2) is 152 Å². The summed E-state index contributed by atoms with van der Waals surface area (Å²) in [5.41, 5.74) is 6.99. The minimum atomic E-state index is 0.882. The van der Waals surface area contributed by atoms with Gasteiger partial charge in [0, 0.05) is 17.1 Å². The van der Waals surface area contributed by atoms with Crippen molar-refractivity contribution in [2.75, 3.05) is 4.90 Å². The van der Waals surface area contributed by atoms with Crippen LogP contribution in [0.1, 0.15) is 12.0 Å². The van der Waals surface area contributed by atoms with Crippen LogP contribution in [0.3, 0.4) is 0 Å². The number of ether oxygens (including phenoxy) is 1. The molecule has 0 aromatic heterocycles. The molecule has 1 aliphatic rings. The first-order valence-electron chi connectivity index (χ1n) is 12.6. The van der Waals surface area contributed by atoms with E-state index < -0.39 is 0 Å². The van der Waals surface area contributed by atoms with Crippen molar-refractivity contribution in [2.45, 2.75) is 6.42 Å². The summed E-state index contributed by atoms with van der Waals surface area (Å²) in [7, 11) is 0. The highest BCUT2D eigenvalue weighted by Gasteiger charge is 2.13. The second-order valence-electron chi connectivity index (χ2n) is 8.97. The summed E-state index contributed by atoms with van der Waals surface area (Å²) in [4.78, 5) is 2.28. The average molecular weight is 478 g/mol. The normalized spacial score (nSPS) is 12.9. The van der Waals surface area contributed by atoms with Gasteiger partial charge in [-0.15, -0.1) is 0 Å². The van der Waals surface area contributed by atoms with Crippen LogP contribution in [-0.2, 0) is 4.74 Å².